The van der Waals surface area contributed by atoms with Crippen LogP contribution in [0.1, 0.15) is 31.7 Å². The monoisotopic (exact) mass is 385 g/mol. The van der Waals surface area contributed by atoms with Gasteiger partial charge in [0.1, 0.15) is 11.5 Å². The minimum absolute atomic E-state index is 0.214. The molecular formula is C22H27NO5. The Morgan fingerprint density at radius 2 is 1.64 bits per heavy atom. The number of ether oxygens (including phenoxy) is 3. The predicted octanol–water partition coefficient (Wildman–Crippen LogP) is 3.32. The van der Waals surface area contributed by atoms with E-state index in [1.54, 1.807) is 38.3 Å². The summed E-state index contributed by atoms with van der Waals surface area (Å²) in [5, 5.41) is 2.85. The van der Waals surface area contributed by atoms with E-state index in [1.165, 1.54) is 5.56 Å². The van der Waals surface area contributed by atoms with Crippen molar-refractivity contribution in [1.29, 1.82) is 0 Å². The van der Waals surface area contributed by atoms with Gasteiger partial charge in [0.25, 0.3) is 5.91 Å². The summed E-state index contributed by atoms with van der Waals surface area (Å²) in [6.07, 6.45) is 0.00833. The van der Waals surface area contributed by atoms with Gasteiger partial charge in [0, 0.05) is 12.5 Å². The van der Waals surface area contributed by atoms with E-state index in [0.29, 0.717) is 18.0 Å². The van der Waals surface area contributed by atoms with Crippen molar-refractivity contribution in [3.63, 3.8) is 0 Å². The van der Waals surface area contributed by atoms with Crippen molar-refractivity contribution in [2.45, 2.75) is 32.3 Å². The fourth-order valence-electron chi connectivity index (χ4n) is 2.69. The molecule has 0 heterocycles. The fourth-order valence-corrected chi connectivity index (χ4v) is 2.69. The third-order valence-electron chi connectivity index (χ3n) is 4.38. The smallest absolute Gasteiger partial charge is 0.344 e. The summed E-state index contributed by atoms with van der Waals surface area (Å²) >= 11 is 0. The molecule has 2 aromatic carbocycles. The molecule has 0 spiro atoms. The molecule has 2 rings (SSSR count). The van der Waals surface area contributed by atoms with E-state index in [1.807, 2.05) is 30.3 Å². The zero-order chi connectivity index (χ0) is 20.4. The van der Waals surface area contributed by atoms with Crippen LogP contribution in [0.5, 0.6) is 11.5 Å². The molecule has 0 unspecified atom stereocenters. The Balaban J connectivity index is 1.75. The molecule has 0 aliphatic rings. The first kappa shape index (κ1) is 21.3. The molecule has 6 heteroatoms. The van der Waals surface area contributed by atoms with Crippen molar-refractivity contribution in [3.8, 4) is 11.5 Å². The van der Waals surface area contributed by atoms with Crippen molar-refractivity contribution in [1.82, 2.24) is 5.32 Å². The normalized spacial score (nSPS) is 12.5. The number of hydrogen-bond donors (Lipinski definition) is 1. The maximum atomic E-state index is 12.2. The molecule has 1 amide bonds. The van der Waals surface area contributed by atoms with Gasteiger partial charge in [-0.2, -0.15) is 0 Å². The lowest BCUT2D eigenvalue weighted by Crippen LogP contribution is -2.38. The average molecular weight is 385 g/mol. The Bertz CT molecular complexity index is 745. The first-order chi connectivity index (χ1) is 13.5. The van der Waals surface area contributed by atoms with E-state index in [2.05, 4.69) is 12.2 Å². The van der Waals surface area contributed by atoms with Gasteiger partial charge in [-0.25, -0.2) is 4.79 Å². The summed E-state index contributed by atoms with van der Waals surface area (Å²) < 4.78 is 15.6. The van der Waals surface area contributed by atoms with E-state index < -0.39 is 12.1 Å². The third-order valence-corrected chi connectivity index (χ3v) is 4.38. The summed E-state index contributed by atoms with van der Waals surface area (Å²) in [4.78, 5) is 24.2. The summed E-state index contributed by atoms with van der Waals surface area (Å²) in [6, 6.07) is 16.8. The van der Waals surface area contributed by atoms with Crippen LogP contribution in [0.25, 0.3) is 0 Å². The number of methoxy groups -OCH3 is 1. The Morgan fingerprint density at radius 3 is 2.25 bits per heavy atom. The Morgan fingerprint density at radius 1 is 1.00 bits per heavy atom. The zero-order valence-corrected chi connectivity index (χ0v) is 16.5. The van der Waals surface area contributed by atoms with Crippen LogP contribution in [0.4, 0.5) is 0 Å². The number of nitrogens with one attached hydrogen (secondary N) is 1. The van der Waals surface area contributed by atoms with Crippen LogP contribution in [0.3, 0.4) is 0 Å². The second kappa shape index (κ2) is 11.0. The van der Waals surface area contributed by atoms with E-state index in [9.17, 15) is 9.59 Å². The molecule has 0 aliphatic heterocycles. The number of esters is 1. The molecule has 0 aromatic heterocycles. The summed E-state index contributed by atoms with van der Waals surface area (Å²) in [6.45, 7) is 3.84. The van der Waals surface area contributed by atoms with Gasteiger partial charge in [0.15, 0.2) is 12.7 Å². The molecule has 6 nitrogen and oxygen atoms in total. The topological polar surface area (TPSA) is 73.9 Å². The van der Waals surface area contributed by atoms with Crippen molar-refractivity contribution in [3.05, 3.63) is 60.2 Å². The third kappa shape index (κ3) is 6.61. The van der Waals surface area contributed by atoms with E-state index in [4.69, 9.17) is 14.2 Å². The minimum atomic E-state index is -0.889. The molecule has 28 heavy (non-hydrogen) atoms. The maximum absolute atomic E-state index is 12.2. The van der Waals surface area contributed by atoms with Gasteiger partial charge in [-0.05, 0) is 43.2 Å². The highest BCUT2D eigenvalue weighted by atomic mass is 16.6. The number of rotatable bonds is 10. The van der Waals surface area contributed by atoms with Gasteiger partial charge in [0.05, 0.1) is 7.11 Å². The molecule has 2 atom stereocenters. The van der Waals surface area contributed by atoms with Crippen LogP contribution < -0.4 is 14.8 Å². The van der Waals surface area contributed by atoms with Gasteiger partial charge in [0.2, 0.25) is 0 Å². The van der Waals surface area contributed by atoms with Gasteiger partial charge in [-0.15, -0.1) is 0 Å². The highest BCUT2D eigenvalue weighted by Crippen LogP contribution is 2.18. The van der Waals surface area contributed by atoms with Gasteiger partial charge in [-0.1, -0.05) is 37.3 Å². The first-order valence-electron chi connectivity index (χ1n) is 9.32. The molecule has 1 N–H and O–H groups in total. The van der Waals surface area contributed by atoms with Crippen LogP contribution in [-0.4, -0.2) is 38.2 Å². The number of hydrogen-bond acceptors (Lipinski definition) is 5. The van der Waals surface area contributed by atoms with E-state index in [-0.39, 0.29) is 18.4 Å². The molecule has 0 radical (unpaired) electrons. The molecule has 0 saturated carbocycles. The van der Waals surface area contributed by atoms with Crippen LogP contribution in [0, 0.1) is 0 Å². The zero-order valence-electron chi connectivity index (χ0n) is 16.5. The Labute approximate surface area is 165 Å². The molecule has 0 fully saturated rings. The minimum Gasteiger partial charge on any atom is -0.497 e. The molecule has 0 bridgehead atoms. The number of carbonyl (C=O) groups is 2. The lowest BCUT2D eigenvalue weighted by atomic mass is 9.96. The van der Waals surface area contributed by atoms with Crippen LogP contribution in [-0.2, 0) is 14.3 Å². The molecular weight excluding hydrogens is 358 g/mol. The highest BCUT2D eigenvalue weighted by molar-refractivity contribution is 5.83. The van der Waals surface area contributed by atoms with Crippen molar-refractivity contribution in [2.24, 2.45) is 0 Å². The highest BCUT2D eigenvalue weighted by Gasteiger charge is 2.19. The lowest BCUT2D eigenvalue weighted by Gasteiger charge is -2.18. The van der Waals surface area contributed by atoms with Crippen molar-refractivity contribution >= 4 is 11.9 Å². The van der Waals surface area contributed by atoms with Crippen molar-refractivity contribution < 1.29 is 23.8 Å². The van der Waals surface area contributed by atoms with Gasteiger partial charge in [-0.3, -0.25) is 4.79 Å². The first-order valence-corrected chi connectivity index (χ1v) is 9.32. The van der Waals surface area contributed by atoms with Crippen LogP contribution in [0.15, 0.2) is 54.6 Å². The Kier molecular flexibility index (Phi) is 8.34. The Hall–Kier alpha value is -3.02. The quantitative estimate of drug-likeness (QED) is 0.635. The van der Waals surface area contributed by atoms with Gasteiger partial charge < -0.3 is 19.5 Å². The summed E-state index contributed by atoms with van der Waals surface area (Å²) in [7, 11) is 1.57. The standard InChI is InChI=1S/C22H27NO5/c1-4-17(18-8-6-5-7-9-18)14-23-22(25)16(2)28-21(24)15-27-20-12-10-19(26-3)11-13-20/h5-13,16-17H,4,14-15H2,1-3H3,(H,23,25)/t16-,17-/m0/s1. The summed E-state index contributed by atoms with van der Waals surface area (Å²) in [5.41, 5.74) is 1.17. The van der Waals surface area contributed by atoms with E-state index in [0.717, 1.165) is 6.42 Å². The van der Waals surface area contributed by atoms with Gasteiger partial charge >= 0.3 is 5.97 Å². The van der Waals surface area contributed by atoms with Crippen molar-refractivity contribution in [2.75, 3.05) is 20.3 Å². The second-order valence-electron chi connectivity index (χ2n) is 6.36. The molecule has 150 valence electrons. The lowest BCUT2D eigenvalue weighted by molar-refractivity contribution is -0.156. The molecule has 0 aliphatic carbocycles. The molecule has 0 saturated heterocycles. The number of benzene rings is 2. The predicted molar refractivity (Wildman–Crippen MR) is 107 cm³/mol. The van der Waals surface area contributed by atoms with Crippen LogP contribution >= 0.6 is 0 Å². The summed E-state index contributed by atoms with van der Waals surface area (Å²) in [5.74, 6) is 0.497. The van der Waals surface area contributed by atoms with Crippen LogP contribution in [0.2, 0.25) is 0 Å². The number of amides is 1. The number of carbonyl (C=O) groups excluding carboxylic acids is 2. The molecule has 2 aromatic rings. The largest absolute Gasteiger partial charge is 0.497 e. The average Bonchev–Trinajstić information content (AvgIpc) is 2.73. The second-order valence-corrected chi connectivity index (χ2v) is 6.36. The SMILES string of the molecule is CC[C@@H](CNC(=O)[C@H](C)OC(=O)COc1ccc(OC)cc1)c1ccccc1. The fraction of sp³-hybridized carbons (Fsp3) is 0.364. The van der Waals surface area contributed by atoms with E-state index >= 15 is 0 Å². The maximum Gasteiger partial charge on any atom is 0.344 e.